The number of hydrogen-bond acceptors (Lipinski definition) is 7. The number of hydrogen-bond donors (Lipinski definition) is 1. The van der Waals surface area contributed by atoms with Gasteiger partial charge in [0.25, 0.3) is 5.91 Å². The van der Waals surface area contributed by atoms with Crippen LogP contribution in [0.3, 0.4) is 0 Å². The summed E-state index contributed by atoms with van der Waals surface area (Å²) in [6.45, 7) is 7.44. The second-order valence-corrected chi connectivity index (χ2v) is 10.8. The molecule has 0 spiro atoms. The summed E-state index contributed by atoms with van der Waals surface area (Å²) in [6.07, 6.45) is 2.57. The lowest BCUT2D eigenvalue weighted by molar-refractivity contribution is 0.102. The van der Waals surface area contributed by atoms with Gasteiger partial charge in [0.1, 0.15) is 4.34 Å². The fraction of sp³-hybridized carbons (Fsp3) is 0.409. The number of thiazole rings is 2. The Balaban J connectivity index is 1.29. The number of piperidine rings is 1. The van der Waals surface area contributed by atoms with Crippen LogP contribution in [0.2, 0.25) is 0 Å². The highest BCUT2D eigenvalue weighted by molar-refractivity contribution is 8.00. The quantitative estimate of drug-likeness (QED) is 0.461. The number of amides is 1. The monoisotopic (exact) mass is 458 g/mol. The molecule has 1 amide bonds. The van der Waals surface area contributed by atoms with Crippen molar-refractivity contribution in [3.63, 3.8) is 0 Å². The molecule has 0 radical (unpaired) electrons. The zero-order valence-electron chi connectivity index (χ0n) is 17.3. The van der Waals surface area contributed by atoms with Gasteiger partial charge in [0, 0.05) is 40.9 Å². The lowest BCUT2D eigenvalue weighted by Gasteiger charge is -2.30. The van der Waals surface area contributed by atoms with E-state index in [1.54, 1.807) is 23.1 Å². The van der Waals surface area contributed by atoms with Crippen LogP contribution in [0.25, 0.3) is 0 Å². The number of aryl methyl sites for hydroxylation is 1. The Labute approximate surface area is 190 Å². The minimum Gasteiger partial charge on any atom is -0.298 e. The molecule has 4 rings (SSSR count). The third kappa shape index (κ3) is 5.91. The number of carbonyl (C=O) groups is 1. The van der Waals surface area contributed by atoms with Crippen molar-refractivity contribution < 1.29 is 4.79 Å². The molecular formula is C22H26N4OS3. The number of nitrogens with one attached hydrogen (secondary N) is 1. The van der Waals surface area contributed by atoms with E-state index in [9.17, 15) is 4.79 Å². The van der Waals surface area contributed by atoms with Gasteiger partial charge in [-0.1, -0.05) is 30.8 Å². The minimum atomic E-state index is -0.114. The largest absolute Gasteiger partial charge is 0.298 e. The number of carbonyl (C=O) groups excluding carboxylic acids is 1. The number of thioether (sulfide) groups is 1. The second kappa shape index (κ2) is 10.0. The van der Waals surface area contributed by atoms with Crippen LogP contribution in [0, 0.1) is 12.8 Å². The topological polar surface area (TPSA) is 58.1 Å². The summed E-state index contributed by atoms with van der Waals surface area (Å²) in [7, 11) is 0. The molecule has 1 aromatic carbocycles. The zero-order chi connectivity index (χ0) is 20.9. The van der Waals surface area contributed by atoms with Gasteiger partial charge >= 0.3 is 0 Å². The number of anilines is 1. The lowest BCUT2D eigenvalue weighted by Crippen LogP contribution is -2.33. The summed E-state index contributed by atoms with van der Waals surface area (Å²) < 4.78 is 1.08. The second-order valence-electron chi connectivity index (χ2n) is 7.82. The Morgan fingerprint density at radius 1 is 1.23 bits per heavy atom. The van der Waals surface area contributed by atoms with Crippen molar-refractivity contribution in [3.8, 4) is 0 Å². The first-order valence-electron chi connectivity index (χ1n) is 10.2. The van der Waals surface area contributed by atoms with E-state index in [4.69, 9.17) is 0 Å². The molecule has 1 fully saturated rings. The summed E-state index contributed by atoms with van der Waals surface area (Å²) in [4.78, 5) is 24.1. The molecule has 1 saturated heterocycles. The predicted octanol–water partition coefficient (Wildman–Crippen LogP) is 5.68. The van der Waals surface area contributed by atoms with E-state index in [1.165, 1.54) is 29.7 Å². The standard InChI is InChI=1S/C22H26N4OS3/c1-15-4-3-9-26(10-15)11-19-14-28-21(24-19)25-20(27)18-7-5-17(6-8-18)13-30-22-23-16(2)12-29-22/h5-8,12,14-15H,3-4,9-11,13H2,1-2H3,(H,24,25,27). The molecule has 1 N–H and O–H groups in total. The van der Waals surface area contributed by atoms with Crippen molar-refractivity contribution in [2.75, 3.05) is 18.4 Å². The average Bonchev–Trinajstić information content (AvgIpc) is 3.35. The molecule has 1 unspecified atom stereocenters. The van der Waals surface area contributed by atoms with Gasteiger partial charge in [0.2, 0.25) is 0 Å². The first kappa shape index (κ1) is 21.5. The predicted molar refractivity (Wildman–Crippen MR) is 127 cm³/mol. The molecular weight excluding hydrogens is 432 g/mol. The van der Waals surface area contributed by atoms with Crippen molar-refractivity contribution in [2.24, 2.45) is 5.92 Å². The van der Waals surface area contributed by atoms with Crippen molar-refractivity contribution in [2.45, 2.75) is 43.3 Å². The SMILES string of the molecule is Cc1csc(SCc2ccc(C(=O)Nc3nc(CN4CCCC(C)C4)cs3)cc2)n1. The summed E-state index contributed by atoms with van der Waals surface area (Å²) in [6, 6.07) is 7.77. The summed E-state index contributed by atoms with van der Waals surface area (Å²) in [5.41, 5.74) is 3.92. The third-order valence-electron chi connectivity index (χ3n) is 5.08. The Morgan fingerprint density at radius 3 is 2.80 bits per heavy atom. The van der Waals surface area contributed by atoms with Crippen LogP contribution in [0.4, 0.5) is 5.13 Å². The molecule has 0 bridgehead atoms. The summed E-state index contributed by atoms with van der Waals surface area (Å²) in [5, 5.41) is 7.72. The van der Waals surface area contributed by atoms with Gasteiger partial charge in [-0.05, 0) is 49.9 Å². The number of rotatable bonds is 7. The number of aromatic nitrogens is 2. The maximum absolute atomic E-state index is 12.6. The Bertz CT molecular complexity index is 982. The van der Waals surface area contributed by atoms with E-state index in [0.29, 0.717) is 10.7 Å². The van der Waals surface area contributed by atoms with E-state index < -0.39 is 0 Å². The Kier molecular flexibility index (Phi) is 7.20. The molecule has 0 aliphatic carbocycles. The molecule has 3 aromatic rings. The van der Waals surface area contributed by atoms with Crippen molar-refractivity contribution in [1.29, 1.82) is 0 Å². The van der Waals surface area contributed by atoms with Gasteiger partial charge in [-0.3, -0.25) is 15.0 Å². The highest BCUT2D eigenvalue weighted by Crippen LogP contribution is 2.26. The molecule has 8 heteroatoms. The molecule has 1 aliphatic heterocycles. The molecule has 0 saturated carbocycles. The fourth-order valence-electron chi connectivity index (χ4n) is 3.56. The van der Waals surface area contributed by atoms with E-state index in [1.807, 2.05) is 31.2 Å². The van der Waals surface area contributed by atoms with Crippen LogP contribution in [-0.4, -0.2) is 33.9 Å². The van der Waals surface area contributed by atoms with Crippen LogP contribution in [0.1, 0.15) is 47.1 Å². The summed E-state index contributed by atoms with van der Waals surface area (Å²) >= 11 is 4.89. The van der Waals surface area contributed by atoms with Gasteiger partial charge in [0.15, 0.2) is 5.13 Å². The van der Waals surface area contributed by atoms with Gasteiger partial charge in [-0.25, -0.2) is 9.97 Å². The van der Waals surface area contributed by atoms with Gasteiger partial charge < -0.3 is 0 Å². The van der Waals surface area contributed by atoms with Crippen molar-refractivity contribution in [1.82, 2.24) is 14.9 Å². The molecule has 3 heterocycles. The van der Waals surface area contributed by atoms with Crippen molar-refractivity contribution in [3.05, 3.63) is 57.5 Å². The molecule has 2 aromatic heterocycles. The van der Waals surface area contributed by atoms with E-state index in [0.717, 1.165) is 47.0 Å². The summed E-state index contributed by atoms with van der Waals surface area (Å²) in [5.74, 6) is 1.49. The van der Waals surface area contributed by atoms with Gasteiger partial charge in [-0.15, -0.1) is 22.7 Å². The minimum absolute atomic E-state index is 0.114. The van der Waals surface area contributed by atoms with Gasteiger partial charge in [-0.2, -0.15) is 0 Å². The lowest BCUT2D eigenvalue weighted by atomic mass is 10.0. The Morgan fingerprint density at radius 2 is 2.07 bits per heavy atom. The molecule has 5 nitrogen and oxygen atoms in total. The first-order valence-corrected chi connectivity index (χ1v) is 12.9. The Hall–Kier alpha value is -1.74. The van der Waals surface area contributed by atoms with Gasteiger partial charge in [0.05, 0.1) is 5.69 Å². The van der Waals surface area contributed by atoms with Crippen LogP contribution in [0.5, 0.6) is 0 Å². The average molecular weight is 459 g/mol. The number of nitrogens with zero attached hydrogens (tertiary/aromatic N) is 3. The van der Waals surface area contributed by atoms with Crippen LogP contribution in [0.15, 0.2) is 39.4 Å². The fourth-order valence-corrected chi connectivity index (χ4v) is 6.06. The zero-order valence-corrected chi connectivity index (χ0v) is 19.7. The number of benzene rings is 1. The highest BCUT2D eigenvalue weighted by atomic mass is 32.2. The highest BCUT2D eigenvalue weighted by Gasteiger charge is 2.17. The van der Waals surface area contributed by atoms with E-state index in [-0.39, 0.29) is 5.91 Å². The molecule has 1 atom stereocenters. The van der Waals surface area contributed by atoms with Crippen LogP contribution in [-0.2, 0) is 12.3 Å². The smallest absolute Gasteiger partial charge is 0.257 e. The number of likely N-dealkylation sites (tertiary alicyclic amines) is 1. The third-order valence-corrected chi connectivity index (χ3v) is 8.09. The maximum atomic E-state index is 12.6. The van der Waals surface area contributed by atoms with E-state index >= 15 is 0 Å². The first-order chi connectivity index (χ1) is 14.5. The maximum Gasteiger partial charge on any atom is 0.257 e. The van der Waals surface area contributed by atoms with Crippen molar-refractivity contribution >= 4 is 45.5 Å². The molecule has 158 valence electrons. The van der Waals surface area contributed by atoms with Crippen LogP contribution < -0.4 is 5.32 Å². The van der Waals surface area contributed by atoms with Crippen LogP contribution >= 0.6 is 34.4 Å². The molecule has 30 heavy (non-hydrogen) atoms. The normalized spacial score (nSPS) is 17.2. The van der Waals surface area contributed by atoms with E-state index in [2.05, 4.69) is 37.9 Å². The molecule has 1 aliphatic rings.